The molecule has 4 rings (SSSR count). The molecule has 2 N–H and O–H groups in total. The Kier molecular flexibility index (Phi) is 8.15. The molecule has 0 saturated carbocycles. The van der Waals surface area contributed by atoms with E-state index < -0.39 is 0 Å². The highest BCUT2D eigenvalue weighted by atomic mass is 16.2. The van der Waals surface area contributed by atoms with Crippen molar-refractivity contribution in [3.63, 3.8) is 0 Å². The molecular formula is C30H33N5O2. The molecule has 0 unspecified atom stereocenters. The van der Waals surface area contributed by atoms with Crippen LogP contribution in [0.4, 0.5) is 11.4 Å². The maximum Gasteiger partial charge on any atom is 0.238 e. The molecule has 3 aromatic carbocycles. The van der Waals surface area contributed by atoms with Crippen LogP contribution in [0, 0.1) is 27.7 Å². The van der Waals surface area contributed by atoms with Crippen molar-refractivity contribution in [3.8, 4) is 5.69 Å². The van der Waals surface area contributed by atoms with Gasteiger partial charge in [-0.25, -0.2) is 4.68 Å². The number of aryl methyl sites for hydroxylation is 4. The van der Waals surface area contributed by atoms with E-state index >= 15 is 0 Å². The van der Waals surface area contributed by atoms with Gasteiger partial charge in [-0.1, -0.05) is 54.6 Å². The van der Waals surface area contributed by atoms with Gasteiger partial charge in [-0.2, -0.15) is 5.10 Å². The van der Waals surface area contributed by atoms with E-state index in [0.717, 1.165) is 44.9 Å². The van der Waals surface area contributed by atoms with Crippen LogP contribution in [0.25, 0.3) is 5.69 Å². The maximum absolute atomic E-state index is 13.1. The summed E-state index contributed by atoms with van der Waals surface area (Å²) in [6.45, 7) is 8.39. The topological polar surface area (TPSA) is 79.3 Å². The van der Waals surface area contributed by atoms with Crippen molar-refractivity contribution >= 4 is 23.2 Å². The fourth-order valence-electron chi connectivity index (χ4n) is 4.38. The standard InChI is InChI=1S/C30H33N5O2/c1-21-10-8-11-22(2)29(21)32-27(36)19-34(20-28(37)33-30-23(3)12-9-13-24(30)4)17-25-16-31-35(18-25)26-14-6-5-7-15-26/h5-16,18H,17,19-20H2,1-4H3,(H,32,36)(H,33,37). The number of nitrogens with zero attached hydrogens (tertiary/aromatic N) is 3. The number of carbonyl (C=O) groups excluding carboxylic acids is 2. The van der Waals surface area contributed by atoms with Crippen LogP contribution < -0.4 is 10.6 Å². The van der Waals surface area contributed by atoms with Gasteiger partial charge in [0.1, 0.15) is 0 Å². The van der Waals surface area contributed by atoms with E-state index in [1.165, 1.54) is 0 Å². The third-order valence-corrected chi connectivity index (χ3v) is 6.29. The summed E-state index contributed by atoms with van der Waals surface area (Å²) in [4.78, 5) is 28.0. The van der Waals surface area contributed by atoms with Crippen molar-refractivity contribution in [2.75, 3.05) is 23.7 Å². The molecule has 0 aliphatic carbocycles. The molecule has 0 bridgehead atoms. The number of benzene rings is 3. The van der Waals surface area contributed by atoms with Gasteiger partial charge in [0.15, 0.2) is 0 Å². The highest BCUT2D eigenvalue weighted by Gasteiger charge is 2.18. The molecule has 0 fully saturated rings. The molecule has 0 spiro atoms. The summed E-state index contributed by atoms with van der Waals surface area (Å²) >= 11 is 0. The molecule has 2 amide bonds. The number of aromatic nitrogens is 2. The van der Waals surface area contributed by atoms with Gasteiger partial charge >= 0.3 is 0 Å². The van der Waals surface area contributed by atoms with Gasteiger partial charge < -0.3 is 10.6 Å². The van der Waals surface area contributed by atoms with E-state index in [0.29, 0.717) is 6.54 Å². The zero-order valence-electron chi connectivity index (χ0n) is 21.8. The Labute approximate surface area is 218 Å². The van der Waals surface area contributed by atoms with Gasteiger partial charge in [0.05, 0.1) is 25.0 Å². The first kappa shape index (κ1) is 25.9. The molecule has 190 valence electrons. The average molecular weight is 496 g/mol. The minimum absolute atomic E-state index is 0.0600. The predicted molar refractivity (Wildman–Crippen MR) is 148 cm³/mol. The molecular weight excluding hydrogens is 462 g/mol. The van der Waals surface area contributed by atoms with Gasteiger partial charge in [0.2, 0.25) is 11.8 Å². The van der Waals surface area contributed by atoms with Crippen LogP contribution in [-0.4, -0.2) is 39.6 Å². The number of anilines is 2. The van der Waals surface area contributed by atoms with E-state index in [-0.39, 0.29) is 24.9 Å². The third-order valence-electron chi connectivity index (χ3n) is 6.29. The molecule has 37 heavy (non-hydrogen) atoms. The number of rotatable bonds is 9. The molecule has 1 aromatic heterocycles. The van der Waals surface area contributed by atoms with E-state index in [9.17, 15) is 9.59 Å². The smallest absolute Gasteiger partial charge is 0.238 e. The molecule has 7 heteroatoms. The quantitative estimate of drug-likeness (QED) is 0.335. The van der Waals surface area contributed by atoms with Crippen molar-refractivity contribution in [1.29, 1.82) is 0 Å². The second-order valence-corrected chi connectivity index (χ2v) is 9.40. The monoisotopic (exact) mass is 495 g/mol. The van der Waals surface area contributed by atoms with Crippen molar-refractivity contribution in [1.82, 2.24) is 14.7 Å². The summed E-state index contributed by atoms with van der Waals surface area (Å²) in [6, 6.07) is 21.6. The Balaban J connectivity index is 1.51. The van der Waals surface area contributed by atoms with Crippen molar-refractivity contribution in [2.45, 2.75) is 34.2 Å². The van der Waals surface area contributed by atoms with Crippen LogP contribution in [0.5, 0.6) is 0 Å². The number of para-hydroxylation sites is 3. The minimum atomic E-state index is -0.173. The second-order valence-electron chi connectivity index (χ2n) is 9.40. The largest absolute Gasteiger partial charge is 0.324 e. The Morgan fingerprint density at radius 3 is 1.70 bits per heavy atom. The van der Waals surface area contributed by atoms with Crippen molar-refractivity contribution in [3.05, 3.63) is 107 Å². The zero-order valence-corrected chi connectivity index (χ0v) is 21.8. The molecule has 0 aliphatic heterocycles. The van der Waals surface area contributed by atoms with Gasteiger partial charge in [-0.05, 0) is 62.1 Å². The highest BCUT2D eigenvalue weighted by Crippen LogP contribution is 2.21. The number of nitrogens with one attached hydrogen (secondary N) is 2. The van der Waals surface area contributed by atoms with E-state index in [2.05, 4.69) is 15.7 Å². The van der Waals surface area contributed by atoms with Gasteiger partial charge in [-0.3, -0.25) is 14.5 Å². The van der Waals surface area contributed by atoms with Gasteiger partial charge in [0, 0.05) is 29.7 Å². The fraction of sp³-hybridized carbons (Fsp3) is 0.233. The van der Waals surface area contributed by atoms with Gasteiger partial charge in [0.25, 0.3) is 0 Å². The lowest BCUT2D eigenvalue weighted by Gasteiger charge is -2.22. The highest BCUT2D eigenvalue weighted by molar-refractivity contribution is 5.96. The van der Waals surface area contributed by atoms with E-state index in [1.54, 1.807) is 10.9 Å². The van der Waals surface area contributed by atoms with Crippen LogP contribution in [0.3, 0.4) is 0 Å². The molecule has 0 atom stereocenters. The summed E-state index contributed by atoms with van der Waals surface area (Å²) in [5, 5.41) is 10.5. The number of hydrogen-bond acceptors (Lipinski definition) is 4. The number of amides is 2. The zero-order chi connectivity index (χ0) is 26.4. The summed E-state index contributed by atoms with van der Waals surface area (Å²) in [7, 11) is 0. The van der Waals surface area contributed by atoms with E-state index in [1.807, 2.05) is 106 Å². The SMILES string of the molecule is Cc1cccc(C)c1NC(=O)CN(CC(=O)Nc1c(C)cccc1C)Cc1cnn(-c2ccccc2)c1. The van der Waals surface area contributed by atoms with Gasteiger partial charge in [-0.15, -0.1) is 0 Å². The Morgan fingerprint density at radius 2 is 1.22 bits per heavy atom. The molecule has 0 saturated heterocycles. The normalized spacial score (nSPS) is 10.9. The Morgan fingerprint density at radius 1 is 0.730 bits per heavy atom. The Bertz CT molecular complexity index is 1290. The van der Waals surface area contributed by atoms with Crippen molar-refractivity contribution < 1.29 is 9.59 Å². The lowest BCUT2D eigenvalue weighted by molar-refractivity contribution is -0.120. The fourth-order valence-corrected chi connectivity index (χ4v) is 4.38. The third kappa shape index (κ3) is 6.71. The first-order chi connectivity index (χ1) is 17.8. The summed E-state index contributed by atoms with van der Waals surface area (Å²) in [5.74, 6) is -0.347. The Hall–Kier alpha value is -4.23. The van der Waals surface area contributed by atoms with Crippen LogP contribution in [0.1, 0.15) is 27.8 Å². The summed E-state index contributed by atoms with van der Waals surface area (Å²) in [5.41, 5.74) is 7.46. The molecule has 7 nitrogen and oxygen atoms in total. The predicted octanol–water partition coefficient (Wildman–Crippen LogP) is 5.19. The summed E-state index contributed by atoms with van der Waals surface area (Å²) < 4.78 is 1.79. The lowest BCUT2D eigenvalue weighted by Crippen LogP contribution is -2.38. The molecule has 4 aromatic rings. The van der Waals surface area contributed by atoms with Crippen LogP contribution in [-0.2, 0) is 16.1 Å². The maximum atomic E-state index is 13.1. The number of carbonyl (C=O) groups is 2. The van der Waals surface area contributed by atoms with Crippen LogP contribution >= 0.6 is 0 Å². The minimum Gasteiger partial charge on any atom is -0.324 e. The molecule has 1 heterocycles. The van der Waals surface area contributed by atoms with Crippen LogP contribution in [0.15, 0.2) is 79.1 Å². The second kappa shape index (κ2) is 11.7. The lowest BCUT2D eigenvalue weighted by atomic mass is 10.1. The molecule has 0 radical (unpaired) electrons. The molecule has 0 aliphatic rings. The van der Waals surface area contributed by atoms with Crippen molar-refractivity contribution in [2.24, 2.45) is 0 Å². The van der Waals surface area contributed by atoms with E-state index in [4.69, 9.17) is 0 Å². The average Bonchev–Trinajstić information content (AvgIpc) is 3.33. The van der Waals surface area contributed by atoms with Crippen LogP contribution in [0.2, 0.25) is 0 Å². The first-order valence-electron chi connectivity index (χ1n) is 12.3. The first-order valence-corrected chi connectivity index (χ1v) is 12.3. The number of hydrogen-bond donors (Lipinski definition) is 2. The summed E-state index contributed by atoms with van der Waals surface area (Å²) in [6.07, 6.45) is 3.70.